The molecule has 0 aliphatic carbocycles. The normalized spacial score (nSPS) is 12.1. The maximum Gasteiger partial charge on any atom is 0.123 e. The van der Waals surface area contributed by atoms with Crippen molar-refractivity contribution in [2.45, 2.75) is 13.3 Å². The molecule has 86 valence electrons. The highest BCUT2D eigenvalue weighted by Crippen LogP contribution is 2.14. The predicted molar refractivity (Wildman–Crippen MR) is 66.4 cm³/mol. The van der Waals surface area contributed by atoms with Crippen molar-refractivity contribution in [1.82, 2.24) is 9.97 Å². The highest BCUT2D eigenvalue weighted by molar-refractivity contribution is 5.55. The molecule has 1 atom stereocenters. The van der Waals surface area contributed by atoms with Gasteiger partial charge in [0.2, 0.25) is 0 Å². The first-order valence-corrected chi connectivity index (χ1v) is 5.62. The third kappa shape index (κ3) is 2.97. The van der Waals surface area contributed by atoms with Gasteiger partial charge in [0.1, 0.15) is 6.29 Å². The Morgan fingerprint density at radius 1 is 1.18 bits per heavy atom. The summed E-state index contributed by atoms with van der Waals surface area (Å²) >= 11 is 0. The van der Waals surface area contributed by atoms with Crippen molar-refractivity contribution in [3.8, 4) is 11.4 Å². The smallest absolute Gasteiger partial charge is 0.123 e. The Labute approximate surface area is 101 Å². The third-order valence-corrected chi connectivity index (χ3v) is 2.50. The van der Waals surface area contributed by atoms with E-state index in [9.17, 15) is 4.79 Å². The minimum Gasteiger partial charge on any atom is -0.303 e. The third-order valence-electron chi connectivity index (χ3n) is 2.50. The molecule has 0 saturated carbocycles. The number of aromatic nitrogens is 2. The molecule has 0 bridgehead atoms. The van der Waals surface area contributed by atoms with Gasteiger partial charge in [-0.1, -0.05) is 19.1 Å². The molecule has 3 nitrogen and oxygen atoms in total. The Morgan fingerprint density at radius 2 is 2.00 bits per heavy atom. The minimum atomic E-state index is 0.00137. The standard InChI is InChI=1S/C14H14N2O/c1-11(10-17)9-12-5-4-7-14(16-12)13-6-2-3-8-15-13/h2-8,10-11H,9H2,1H3/t11-/m0/s1. The molecule has 0 spiro atoms. The second-order valence-corrected chi connectivity index (χ2v) is 4.05. The summed E-state index contributed by atoms with van der Waals surface area (Å²) < 4.78 is 0. The molecule has 3 heteroatoms. The molecule has 0 N–H and O–H groups in total. The van der Waals surface area contributed by atoms with E-state index in [4.69, 9.17) is 0 Å². The van der Waals surface area contributed by atoms with Gasteiger partial charge in [0.15, 0.2) is 0 Å². The molecule has 2 rings (SSSR count). The Kier molecular flexibility index (Phi) is 3.60. The van der Waals surface area contributed by atoms with Crippen LogP contribution in [0.1, 0.15) is 12.6 Å². The first kappa shape index (κ1) is 11.5. The van der Waals surface area contributed by atoms with E-state index in [2.05, 4.69) is 9.97 Å². The summed E-state index contributed by atoms with van der Waals surface area (Å²) in [5.41, 5.74) is 2.63. The molecule has 0 fully saturated rings. The van der Waals surface area contributed by atoms with Crippen molar-refractivity contribution in [1.29, 1.82) is 0 Å². The summed E-state index contributed by atoms with van der Waals surface area (Å²) in [4.78, 5) is 19.4. The number of hydrogen-bond acceptors (Lipinski definition) is 3. The fourth-order valence-electron chi connectivity index (χ4n) is 1.63. The number of pyridine rings is 2. The van der Waals surface area contributed by atoms with E-state index in [1.807, 2.05) is 43.3 Å². The van der Waals surface area contributed by atoms with Crippen molar-refractivity contribution >= 4 is 6.29 Å². The van der Waals surface area contributed by atoms with Crippen LogP contribution in [0.5, 0.6) is 0 Å². The average Bonchev–Trinajstić information content (AvgIpc) is 2.40. The van der Waals surface area contributed by atoms with Crippen LogP contribution in [0, 0.1) is 5.92 Å². The second-order valence-electron chi connectivity index (χ2n) is 4.05. The average molecular weight is 226 g/mol. The van der Waals surface area contributed by atoms with Crippen molar-refractivity contribution in [3.63, 3.8) is 0 Å². The van der Waals surface area contributed by atoms with E-state index in [0.29, 0.717) is 6.42 Å². The maximum atomic E-state index is 10.6. The molecule has 17 heavy (non-hydrogen) atoms. The zero-order chi connectivity index (χ0) is 12.1. The zero-order valence-electron chi connectivity index (χ0n) is 9.71. The van der Waals surface area contributed by atoms with Gasteiger partial charge in [0.25, 0.3) is 0 Å². The van der Waals surface area contributed by atoms with E-state index in [0.717, 1.165) is 23.4 Å². The molecule has 2 heterocycles. The Hall–Kier alpha value is -2.03. The van der Waals surface area contributed by atoms with Crippen LogP contribution in [0.15, 0.2) is 42.6 Å². The fraction of sp³-hybridized carbons (Fsp3) is 0.214. The van der Waals surface area contributed by atoms with Crippen LogP contribution in [-0.4, -0.2) is 16.3 Å². The van der Waals surface area contributed by atoms with E-state index < -0.39 is 0 Å². The van der Waals surface area contributed by atoms with E-state index in [1.54, 1.807) is 6.20 Å². The van der Waals surface area contributed by atoms with Gasteiger partial charge in [-0.05, 0) is 30.7 Å². The maximum absolute atomic E-state index is 10.6. The molecule has 2 aromatic heterocycles. The van der Waals surface area contributed by atoms with Crippen LogP contribution < -0.4 is 0 Å². The first-order valence-electron chi connectivity index (χ1n) is 5.62. The summed E-state index contributed by atoms with van der Waals surface area (Å²) in [6, 6.07) is 11.6. The van der Waals surface area contributed by atoms with Crippen LogP contribution in [0.4, 0.5) is 0 Å². The predicted octanol–water partition coefficient (Wildman–Crippen LogP) is 2.52. The number of nitrogens with zero attached hydrogens (tertiary/aromatic N) is 2. The van der Waals surface area contributed by atoms with Gasteiger partial charge < -0.3 is 4.79 Å². The molecule has 2 aromatic rings. The van der Waals surface area contributed by atoms with Crippen molar-refractivity contribution in [2.75, 3.05) is 0 Å². The summed E-state index contributed by atoms with van der Waals surface area (Å²) in [5.74, 6) is 0.00137. The number of carbonyl (C=O) groups excluding carboxylic acids is 1. The van der Waals surface area contributed by atoms with Crippen molar-refractivity contribution in [2.24, 2.45) is 5.92 Å². The van der Waals surface area contributed by atoms with Gasteiger partial charge in [-0.2, -0.15) is 0 Å². The van der Waals surface area contributed by atoms with E-state index in [-0.39, 0.29) is 5.92 Å². The molecule has 0 aromatic carbocycles. The molecular weight excluding hydrogens is 212 g/mol. The summed E-state index contributed by atoms with van der Waals surface area (Å²) in [5, 5.41) is 0. The van der Waals surface area contributed by atoms with Crippen molar-refractivity contribution < 1.29 is 4.79 Å². The lowest BCUT2D eigenvalue weighted by molar-refractivity contribution is -0.110. The molecule has 0 aliphatic rings. The Bertz CT molecular complexity index is 497. The van der Waals surface area contributed by atoms with Crippen LogP contribution >= 0.6 is 0 Å². The first-order chi connectivity index (χ1) is 8.29. The zero-order valence-corrected chi connectivity index (χ0v) is 9.71. The largest absolute Gasteiger partial charge is 0.303 e. The Balaban J connectivity index is 2.26. The summed E-state index contributed by atoms with van der Waals surface area (Å²) in [6.07, 6.45) is 3.37. The van der Waals surface area contributed by atoms with Crippen LogP contribution in [0.3, 0.4) is 0 Å². The monoisotopic (exact) mass is 226 g/mol. The van der Waals surface area contributed by atoms with Gasteiger partial charge in [-0.25, -0.2) is 0 Å². The van der Waals surface area contributed by atoms with Gasteiger partial charge in [-0.15, -0.1) is 0 Å². The quantitative estimate of drug-likeness (QED) is 0.752. The summed E-state index contributed by atoms with van der Waals surface area (Å²) in [7, 11) is 0. The molecular formula is C14H14N2O. The topological polar surface area (TPSA) is 42.9 Å². The molecule has 0 radical (unpaired) electrons. The number of rotatable bonds is 4. The Morgan fingerprint density at radius 3 is 2.71 bits per heavy atom. The van der Waals surface area contributed by atoms with Crippen LogP contribution in [-0.2, 0) is 11.2 Å². The number of carbonyl (C=O) groups is 1. The van der Waals surface area contributed by atoms with Gasteiger partial charge in [0, 0.05) is 17.8 Å². The van der Waals surface area contributed by atoms with Gasteiger partial charge in [-0.3, -0.25) is 9.97 Å². The highest BCUT2D eigenvalue weighted by Gasteiger charge is 2.05. The number of aldehydes is 1. The van der Waals surface area contributed by atoms with Gasteiger partial charge >= 0.3 is 0 Å². The molecule has 0 saturated heterocycles. The van der Waals surface area contributed by atoms with Gasteiger partial charge in [0.05, 0.1) is 11.4 Å². The fourth-order valence-corrected chi connectivity index (χ4v) is 1.63. The lowest BCUT2D eigenvalue weighted by Gasteiger charge is -2.05. The highest BCUT2D eigenvalue weighted by atomic mass is 16.1. The van der Waals surface area contributed by atoms with Crippen LogP contribution in [0.2, 0.25) is 0 Å². The molecule has 0 amide bonds. The van der Waals surface area contributed by atoms with Crippen molar-refractivity contribution in [3.05, 3.63) is 48.3 Å². The lowest BCUT2D eigenvalue weighted by atomic mass is 10.1. The van der Waals surface area contributed by atoms with Crippen LogP contribution in [0.25, 0.3) is 11.4 Å². The lowest BCUT2D eigenvalue weighted by Crippen LogP contribution is -2.03. The van der Waals surface area contributed by atoms with E-state index >= 15 is 0 Å². The summed E-state index contributed by atoms with van der Waals surface area (Å²) in [6.45, 7) is 1.89. The minimum absolute atomic E-state index is 0.00137. The van der Waals surface area contributed by atoms with E-state index in [1.165, 1.54) is 0 Å². The SMILES string of the molecule is C[C@H](C=O)Cc1cccc(-c2ccccn2)n1. The molecule has 0 unspecified atom stereocenters. The number of hydrogen-bond donors (Lipinski definition) is 0. The molecule has 0 aliphatic heterocycles. The second kappa shape index (κ2) is 5.34.